The second-order valence-corrected chi connectivity index (χ2v) is 9.67. The standard InChI is InChI=1S/C28H27N3O6S/c1-3-36-28(35)23-21-10-6-7-11-22(21)38-26(23)30-24(32)25(33)31-29-16-18-12-14-19(15-13-18)37-27(34)20-9-5-4-8-17(20)2/h4-5,8-9,12-16H,3,6-7,10-11H2,1-2H3,(H,30,32)(H,31,33). The monoisotopic (exact) mass is 533 g/mol. The highest BCUT2D eigenvalue weighted by molar-refractivity contribution is 7.17. The molecule has 0 atom stereocenters. The number of aryl methyl sites for hydroxylation is 2. The number of hydrazone groups is 1. The van der Waals surface area contributed by atoms with Gasteiger partial charge in [-0.05, 0) is 86.6 Å². The Balaban J connectivity index is 1.34. The van der Waals surface area contributed by atoms with Crippen LogP contribution in [-0.4, -0.2) is 36.6 Å². The number of thiophene rings is 1. The Bertz CT molecular complexity index is 1390. The van der Waals surface area contributed by atoms with Crippen molar-refractivity contribution in [1.82, 2.24) is 5.43 Å². The van der Waals surface area contributed by atoms with Crippen molar-refractivity contribution in [3.05, 3.63) is 81.2 Å². The summed E-state index contributed by atoms with van der Waals surface area (Å²) in [6.45, 7) is 3.76. The number of nitrogens with one attached hydrogen (secondary N) is 2. The number of hydrogen-bond acceptors (Lipinski definition) is 8. The summed E-state index contributed by atoms with van der Waals surface area (Å²) in [5.41, 5.74) is 5.31. The molecule has 0 bridgehead atoms. The molecule has 2 N–H and O–H groups in total. The molecule has 0 saturated heterocycles. The first-order chi connectivity index (χ1) is 18.4. The molecule has 196 valence electrons. The first-order valence-electron chi connectivity index (χ1n) is 12.2. The number of carbonyl (C=O) groups excluding carboxylic acids is 4. The molecule has 1 aliphatic rings. The first-order valence-corrected chi connectivity index (χ1v) is 13.0. The Morgan fingerprint density at radius 3 is 2.45 bits per heavy atom. The Morgan fingerprint density at radius 2 is 1.71 bits per heavy atom. The van der Waals surface area contributed by atoms with Crippen LogP contribution in [0.15, 0.2) is 53.6 Å². The van der Waals surface area contributed by atoms with E-state index in [0.717, 1.165) is 41.7 Å². The van der Waals surface area contributed by atoms with Crippen molar-refractivity contribution in [2.24, 2.45) is 5.10 Å². The number of hydrogen-bond donors (Lipinski definition) is 2. The Hall–Kier alpha value is -4.31. The summed E-state index contributed by atoms with van der Waals surface area (Å²) in [6.07, 6.45) is 4.87. The van der Waals surface area contributed by atoms with Gasteiger partial charge in [0.15, 0.2) is 0 Å². The maximum atomic E-state index is 12.5. The van der Waals surface area contributed by atoms with Gasteiger partial charge in [-0.3, -0.25) is 9.59 Å². The van der Waals surface area contributed by atoms with Crippen molar-refractivity contribution in [1.29, 1.82) is 0 Å². The summed E-state index contributed by atoms with van der Waals surface area (Å²) < 4.78 is 10.6. The van der Waals surface area contributed by atoms with E-state index in [0.29, 0.717) is 27.4 Å². The summed E-state index contributed by atoms with van der Waals surface area (Å²) in [6, 6.07) is 13.6. The van der Waals surface area contributed by atoms with E-state index in [1.165, 1.54) is 17.6 Å². The van der Waals surface area contributed by atoms with Gasteiger partial charge in [-0.15, -0.1) is 11.3 Å². The van der Waals surface area contributed by atoms with Crippen LogP contribution in [0.2, 0.25) is 0 Å². The maximum absolute atomic E-state index is 12.5. The van der Waals surface area contributed by atoms with Gasteiger partial charge in [-0.25, -0.2) is 15.0 Å². The predicted octanol–water partition coefficient (Wildman–Crippen LogP) is 4.42. The molecule has 4 rings (SSSR count). The average molecular weight is 534 g/mol. The lowest BCUT2D eigenvalue weighted by Gasteiger charge is -2.12. The Kier molecular flexibility index (Phi) is 8.65. The molecule has 0 saturated carbocycles. The van der Waals surface area contributed by atoms with Crippen molar-refractivity contribution in [2.75, 3.05) is 11.9 Å². The zero-order valence-corrected chi connectivity index (χ0v) is 21.9. The molecule has 38 heavy (non-hydrogen) atoms. The van der Waals surface area contributed by atoms with Crippen LogP contribution in [0.25, 0.3) is 0 Å². The van der Waals surface area contributed by atoms with Crippen LogP contribution in [0.3, 0.4) is 0 Å². The summed E-state index contributed by atoms with van der Waals surface area (Å²) >= 11 is 1.30. The Labute approximate surface area is 223 Å². The van der Waals surface area contributed by atoms with E-state index in [1.807, 2.05) is 19.1 Å². The number of nitrogens with zero attached hydrogens (tertiary/aromatic N) is 1. The molecule has 0 aliphatic heterocycles. The van der Waals surface area contributed by atoms with E-state index in [-0.39, 0.29) is 6.61 Å². The zero-order chi connectivity index (χ0) is 27.1. The first kappa shape index (κ1) is 26.7. The fourth-order valence-electron chi connectivity index (χ4n) is 4.04. The third kappa shape index (κ3) is 6.33. The van der Waals surface area contributed by atoms with Crippen molar-refractivity contribution in [3.63, 3.8) is 0 Å². The molecule has 0 radical (unpaired) electrons. The summed E-state index contributed by atoms with van der Waals surface area (Å²) in [4.78, 5) is 50.7. The predicted molar refractivity (Wildman–Crippen MR) is 144 cm³/mol. The molecule has 3 aromatic rings. The van der Waals surface area contributed by atoms with E-state index >= 15 is 0 Å². The van der Waals surface area contributed by atoms with Crippen molar-refractivity contribution >= 4 is 46.3 Å². The fourth-order valence-corrected chi connectivity index (χ4v) is 5.31. The topological polar surface area (TPSA) is 123 Å². The molecule has 0 spiro atoms. The molecule has 1 aliphatic carbocycles. The minimum Gasteiger partial charge on any atom is -0.462 e. The van der Waals surface area contributed by atoms with E-state index in [1.54, 1.807) is 43.3 Å². The summed E-state index contributed by atoms with van der Waals surface area (Å²) in [5, 5.41) is 6.68. The van der Waals surface area contributed by atoms with Gasteiger partial charge in [0.25, 0.3) is 0 Å². The van der Waals surface area contributed by atoms with Crippen LogP contribution in [0.1, 0.15) is 62.0 Å². The molecule has 0 fully saturated rings. The second-order valence-electron chi connectivity index (χ2n) is 8.56. The highest BCUT2D eigenvalue weighted by Crippen LogP contribution is 2.38. The SMILES string of the molecule is CCOC(=O)c1c(NC(=O)C(=O)NN=Cc2ccc(OC(=O)c3ccccc3C)cc2)sc2c1CCCC2. The number of carbonyl (C=O) groups is 4. The van der Waals surface area contributed by atoms with Gasteiger partial charge in [0.1, 0.15) is 10.8 Å². The van der Waals surface area contributed by atoms with Crippen LogP contribution >= 0.6 is 11.3 Å². The minimum absolute atomic E-state index is 0.210. The largest absolute Gasteiger partial charge is 0.462 e. The van der Waals surface area contributed by atoms with Crippen LogP contribution in [0, 0.1) is 6.92 Å². The third-order valence-electron chi connectivity index (χ3n) is 5.92. The van der Waals surface area contributed by atoms with Crippen molar-refractivity contribution in [2.45, 2.75) is 39.5 Å². The zero-order valence-electron chi connectivity index (χ0n) is 21.0. The van der Waals surface area contributed by atoms with Gasteiger partial charge in [0.05, 0.1) is 23.9 Å². The molecular weight excluding hydrogens is 506 g/mol. The fraction of sp³-hybridized carbons (Fsp3) is 0.250. The Morgan fingerprint density at radius 1 is 0.974 bits per heavy atom. The third-order valence-corrected chi connectivity index (χ3v) is 7.13. The molecule has 1 aromatic heterocycles. The number of fused-ring (bicyclic) bond motifs is 1. The quantitative estimate of drug-likeness (QED) is 0.152. The second kappa shape index (κ2) is 12.3. The highest BCUT2D eigenvalue weighted by Gasteiger charge is 2.28. The number of anilines is 1. The highest BCUT2D eigenvalue weighted by atomic mass is 32.1. The average Bonchev–Trinajstić information content (AvgIpc) is 3.27. The van der Waals surface area contributed by atoms with Gasteiger partial charge in [0.2, 0.25) is 0 Å². The van der Waals surface area contributed by atoms with Crippen LogP contribution in [-0.2, 0) is 27.2 Å². The number of benzene rings is 2. The number of rotatable bonds is 7. The van der Waals surface area contributed by atoms with Gasteiger partial charge in [0, 0.05) is 4.88 Å². The molecule has 9 nitrogen and oxygen atoms in total. The molecule has 10 heteroatoms. The maximum Gasteiger partial charge on any atom is 0.343 e. The van der Waals surface area contributed by atoms with Crippen LogP contribution < -0.4 is 15.5 Å². The van der Waals surface area contributed by atoms with Gasteiger partial charge in [-0.2, -0.15) is 5.10 Å². The molecule has 0 unspecified atom stereocenters. The lowest BCUT2D eigenvalue weighted by molar-refractivity contribution is -0.136. The van der Waals surface area contributed by atoms with Crippen molar-refractivity contribution in [3.8, 4) is 5.75 Å². The molecule has 2 aromatic carbocycles. The number of esters is 2. The summed E-state index contributed by atoms with van der Waals surface area (Å²) in [7, 11) is 0. The van der Waals surface area contributed by atoms with E-state index in [4.69, 9.17) is 9.47 Å². The normalized spacial score (nSPS) is 12.5. The van der Waals surface area contributed by atoms with Crippen LogP contribution in [0.5, 0.6) is 5.75 Å². The summed E-state index contributed by atoms with van der Waals surface area (Å²) in [5.74, 6) is -2.53. The van der Waals surface area contributed by atoms with Gasteiger partial charge >= 0.3 is 23.8 Å². The van der Waals surface area contributed by atoms with E-state index in [2.05, 4.69) is 15.8 Å². The van der Waals surface area contributed by atoms with E-state index in [9.17, 15) is 19.2 Å². The minimum atomic E-state index is -0.980. The van der Waals surface area contributed by atoms with Crippen LogP contribution in [0.4, 0.5) is 5.00 Å². The molecule has 2 amide bonds. The smallest absolute Gasteiger partial charge is 0.343 e. The van der Waals surface area contributed by atoms with Gasteiger partial charge < -0.3 is 14.8 Å². The number of amides is 2. The van der Waals surface area contributed by atoms with Crippen molar-refractivity contribution < 1.29 is 28.7 Å². The molecule has 1 heterocycles. The number of ether oxygens (including phenoxy) is 2. The molecular formula is C28H27N3O6S. The lowest BCUT2D eigenvalue weighted by Crippen LogP contribution is -2.32. The van der Waals surface area contributed by atoms with E-state index < -0.39 is 23.8 Å². The van der Waals surface area contributed by atoms with Gasteiger partial charge in [-0.1, -0.05) is 18.2 Å². The lowest BCUT2D eigenvalue weighted by atomic mass is 9.95.